The first-order chi connectivity index (χ1) is 6.63. The minimum Gasteiger partial charge on any atom is -0.469 e. The van der Waals surface area contributed by atoms with Crippen LogP contribution in [0.5, 0.6) is 0 Å². The minimum atomic E-state index is -0.280. The van der Waals surface area contributed by atoms with Crippen LogP contribution in [0.2, 0.25) is 0 Å². The van der Waals surface area contributed by atoms with Gasteiger partial charge in [0.1, 0.15) is 0 Å². The molecule has 3 nitrogen and oxygen atoms in total. The number of carbonyl (C=O) groups excluding carboxylic acids is 1. The number of ether oxygens (including phenoxy) is 1. The predicted molar refractivity (Wildman–Crippen MR) is 54.7 cm³/mol. The van der Waals surface area contributed by atoms with Crippen LogP contribution in [0.1, 0.15) is 23.6 Å². The Balaban J connectivity index is 2.65. The summed E-state index contributed by atoms with van der Waals surface area (Å²) in [7, 11) is 1.37. The van der Waals surface area contributed by atoms with Crippen LogP contribution in [0, 0.1) is 6.92 Å². The molecule has 0 amide bonds. The van der Waals surface area contributed by atoms with Gasteiger partial charge >= 0.3 is 5.97 Å². The number of rotatable bonds is 3. The number of carbonyl (C=O) groups is 1. The van der Waals surface area contributed by atoms with Crippen molar-refractivity contribution < 1.29 is 9.53 Å². The lowest BCUT2D eigenvalue weighted by atomic mass is 10.0. The molecule has 0 fully saturated rings. The molecule has 1 aromatic carbocycles. The number of benzene rings is 1. The molecule has 0 aliphatic carbocycles. The first kappa shape index (κ1) is 10.7. The molecule has 76 valence electrons. The molecule has 3 heteroatoms. The molecular formula is C11H15NO2. The molecule has 0 heterocycles. The molecule has 1 atom stereocenters. The smallest absolute Gasteiger partial charge is 0.307 e. The number of nitrogens with two attached hydrogens (primary N) is 1. The van der Waals surface area contributed by atoms with Gasteiger partial charge in [-0.1, -0.05) is 29.8 Å². The topological polar surface area (TPSA) is 52.3 Å². The number of hydrogen-bond donors (Lipinski definition) is 1. The van der Waals surface area contributed by atoms with Gasteiger partial charge in [-0.2, -0.15) is 0 Å². The number of hydrogen-bond acceptors (Lipinski definition) is 3. The van der Waals surface area contributed by atoms with Gasteiger partial charge in [0.25, 0.3) is 0 Å². The Morgan fingerprint density at radius 1 is 1.43 bits per heavy atom. The Morgan fingerprint density at radius 3 is 2.50 bits per heavy atom. The third kappa shape index (κ3) is 2.85. The van der Waals surface area contributed by atoms with Crippen LogP contribution in [0.4, 0.5) is 0 Å². The molecule has 0 aliphatic heterocycles. The lowest BCUT2D eigenvalue weighted by Gasteiger charge is -2.10. The maximum absolute atomic E-state index is 11.0. The second kappa shape index (κ2) is 4.77. The monoisotopic (exact) mass is 193 g/mol. The van der Waals surface area contributed by atoms with Crippen LogP contribution in [0.25, 0.3) is 0 Å². The summed E-state index contributed by atoms with van der Waals surface area (Å²) in [6.07, 6.45) is 0.222. The summed E-state index contributed by atoms with van der Waals surface area (Å²) < 4.78 is 4.55. The van der Waals surface area contributed by atoms with E-state index in [1.165, 1.54) is 12.7 Å². The minimum absolute atomic E-state index is 0.222. The zero-order chi connectivity index (χ0) is 10.6. The Morgan fingerprint density at radius 2 is 2.00 bits per heavy atom. The van der Waals surface area contributed by atoms with E-state index in [0.29, 0.717) is 0 Å². The Bertz CT molecular complexity index is 306. The van der Waals surface area contributed by atoms with Crippen LogP contribution in [0.15, 0.2) is 24.3 Å². The number of aryl methyl sites for hydroxylation is 1. The van der Waals surface area contributed by atoms with E-state index >= 15 is 0 Å². The first-order valence-corrected chi connectivity index (χ1v) is 4.52. The van der Waals surface area contributed by atoms with Crippen molar-refractivity contribution in [3.8, 4) is 0 Å². The number of methoxy groups -OCH3 is 1. The largest absolute Gasteiger partial charge is 0.469 e. The molecule has 1 rings (SSSR count). The van der Waals surface area contributed by atoms with Crippen LogP contribution < -0.4 is 5.73 Å². The van der Waals surface area contributed by atoms with Gasteiger partial charge in [0.15, 0.2) is 0 Å². The van der Waals surface area contributed by atoms with Gasteiger partial charge < -0.3 is 10.5 Å². The average Bonchev–Trinajstić information content (AvgIpc) is 2.18. The molecular weight excluding hydrogens is 178 g/mol. The predicted octanol–water partition coefficient (Wildman–Crippen LogP) is 1.56. The highest BCUT2D eigenvalue weighted by Gasteiger charge is 2.10. The van der Waals surface area contributed by atoms with Crippen molar-refractivity contribution >= 4 is 5.97 Å². The molecule has 0 spiro atoms. The quantitative estimate of drug-likeness (QED) is 0.741. The molecule has 0 radical (unpaired) electrons. The van der Waals surface area contributed by atoms with Crippen LogP contribution in [0.3, 0.4) is 0 Å². The summed E-state index contributed by atoms with van der Waals surface area (Å²) in [5, 5.41) is 0. The first-order valence-electron chi connectivity index (χ1n) is 4.52. The van der Waals surface area contributed by atoms with Crippen molar-refractivity contribution in [1.82, 2.24) is 0 Å². The van der Waals surface area contributed by atoms with Gasteiger partial charge in [-0.25, -0.2) is 0 Å². The van der Waals surface area contributed by atoms with Gasteiger partial charge in [0.2, 0.25) is 0 Å². The van der Waals surface area contributed by atoms with Crippen LogP contribution in [-0.4, -0.2) is 13.1 Å². The van der Waals surface area contributed by atoms with E-state index in [0.717, 1.165) is 5.56 Å². The molecule has 0 saturated carbocycles. The Kier molecular flexibility index (Phi) is 3.65. The number of esters is 1. The normalized spacial score (nSPS) is 12.2. The van der Waals surface area contributed by atoms with Gasteiger partial charge in [0.05, 0.1) is 13.5 Å². The summed E-state index contributed by atoms with van der Waals surface area (Å²) in [4.78, 5) is 11.0. The highest BCUT2D eigenvalue weighted by Crippen LogP contribution is 2.14. The molecule has 0 aliphatic rings. The molecule has 0 saturated heterocycles. The third-order valence-electron chi connectivity index (χ3n) is 2.12. The highest BCUT2D eigenvalue weighted by atomic mass is 16.5. The Hall–Kier alpha value is -1.35. The molecule has 0 aromatic heterocycles. The molecule has 0 bridgehead atoms. The highest BCUT2D eigenvalue weighted by molar-refractivity contribution is 5.70. The van der Waals surface area contributed by atoms with Gasteiger partial charge in [0, 0.05) is 6.04 Å². The second-order valence-corrected chi connectivity index (χ2v) is 3.30. The summed E-state index contributed by atoms with van der Waals surface area (Å²) in [6, 6.07) is 7.55. The van der Waals surface area contributed by atoms with Crippen molar-refractivity contribution in [3.05, 3.63) is 35.4 Å². The van der Waals surface area contributed by atoms with Gasteiger partial charge in [-0.05, 0) is 12.5 Å². The van der Waals surface area contributed by atoms with E-state index in [2.05, 4.69) is 4.74 Å². The van der Waals surface area contributed by atoms with E-state index in [4.69, 9.17) is 5.73 Å². The fourth-order valence-corrected chi connectivity index (χ4v) is 1.19. The fourth-order valence-electron chi connectivity index (χ4n) is 1.19. The van der Waals surface area contributed by atoms with Crippen LogP contribution in [-0.2, 0) is 9.53 Å². The molecule has 14 heavy (non-hydrogen) atoms. The third-order valence-corrected chi connectivity index (χ3v) is 2.12. The SMILES string of the molecule is COC(=O)C[C@H](N)c1ccc(C)cc1. The van der Waals surface area contributed by atoms with E-state index in [1.54, 1.807) is 0 Å². The van der Waals surface area contributed by atoms with Crippen molar-refractivity contribution in [1.29, 1.82) is 0 Å². The molecule has 2 N–H and O–H groups in total. The lowest BCUT2D eigenvalue weighted by molar-refractivity contribution is -0.141. The van der Waals surface area contributed by atoms with Crippen molar-refractivity contribution in [3.63, 3.8) is 0 Å². The fraction of sp³-hybridized carbons (Fsp3) is 0.364. The summed E-state index contributed by atoms with van der Waals surface area (Å²) in [6.45, 7) is 2.01. The van der Waals surface area contributed by atoms with E-state index in [9.17, 15) is 4.79 Å². The second-order valence-electron chi connectivity index (χ2n) is 3.30. The maximum Gasteiger partial charge on any atom is 0.307 e. The zero-order valence-corrected chi connectivity index (χ0v) is 8.49. The van der Waals surface area contributed by atoms with Gasteiger partial charge in [-0.3, -0.25) is 4.79 Å². The lowest BCUT2D eigenvalue weighted by Crippen LogP contribution is -2.16. The zero-order valence-electron chi connectivity index (χ0n) is 8.49. The van der Waals surface area contributed by atoms with Crippen molar-refractivity contribution in [2.75, 3.05) is 7.11 Å². The average molecular weight is 193 g/mol. The summed E-state index contributed by atoms with van der Waals surface area (Å²) >= 11 is 0. The summed E-state index contributed by atoms with van der Waals surface area (Å²) in [5.74, 6) is -0.280. The van der Waals surface area contributed by atoms with Crippen molar-refractivity contribution in [2.45, 2.75) is 19.4 Å². The summed E-state index contributed by atoms with van der Waals surface area (Å²) in [5.41, 5.74) is 7.96. The molecule has 0 unspecified atom stereocenters. The Labute approximate surface area is 83.9 Å². The molecule has 1 aromatic rings. The van der Waals surface area contributed by atoms with E-state index < -0.39 is 0 Å². The standard InChI is InChI=1S/C11H15NO2/c1-8-3-5-9(6-4-8)10(12)7-11(13)14-2/h3-6,10H,7,12H2,1-2H3/t10-/m0/s1. The van der Waals surface area contributed by atoms with E-state index in [-0.39, 0.29) is 18.4 Å². The maximum atomic E-state index is 11.0. The van der Waals surface area contributed by atoms with Crippen molar-refractivity contribution in [2.24, 2.45) is 5.73 Å². The van der Waals surface area contributed by atoms with Gasteiger partial charge in [-0.15, -0.1) is 0 Å². The van der Waals surface area contributed by atoms with E-state index in [1.807, 2.05) is 31.2 Å². The van der Waals surface area contributed by atoms with Crippen LogP contribution >= 0.6 is 0 Å².